The highest BCUT2D eigenvalue weighted by Gasteiger charge is 2.13. The molecular formula is C20H19BrN2O4. The fraction of sp³-hybridized carbons (Fsp3) is 0.200. The molecule has 7 heteroatoms. The van der Waals surface area contributed by atoms with Crippen molar-refractivity contribution in [1.82, 2.24) is 5.16 Å². The first-order valence-corrected chi connectivity index (χ1v) is 9.03. The Morgan fingerprint density at radius 2 is 1.89 bits per heavy atom. The third-order valence-electron chi connectivity index (χ3n) is 4.01. The van der Waals surface area contributed by atoms with Gasteiger partial charge in [0.1, 0.15) is 0 Å². The first-order chi connectivity index (χ1) is 13.0. The van der Waals surface area contributed by atoms with Gasteiger partial charge in [0.2, 0.25) is 5.91 Å². The SMILES string of the molecule is COc1ccc(-c2cc(CC(=O)Nc3ccc(Br)c(C)c3)no2)cc1OC. The molecule has 1 amide bonds. The number of carbonyl (C=O) groups is 1. The van der Waals surface area contributed by atoms with Crippen molar-refractivity contribution in [2.75, 3.05) is 19.5 Å². The molecule has 0 aliphatic rings. The highest BCUT2D eigenvalue weighted by atomic mass is 79.9. The molecule has 6 nitrogen and oxygen atoms in total. The molecule has 0 unspecified atom stereocenters. The van der Waals surface area contributed by atoms with Crippen LogP contribution in [0.15, 0.2) is 51.5 Å². The van der Waals surface area contributed by atoms with Crippen molar-refractivity contribution in [2.24, 2.45) is 0 Å². The summed E-state index contributed by atoms with van der Waals surface area (Å²) in [4.78, 5) is 12.3. The van der Waals surface area contributed by atoms with Crippen LogP contribution in [0.25, 0.3) is 11.3 Å². The van der Waals surface area contributed by atoms with Gasteiger partial charge in [0, 0.05) is 21.8 Å². The van der Waals surface area contributed by atoms with Crippen LogP contribution in [-0.4, -0.2) is 25.3 Å². The second kappa shape index (κ2) is 8.26. The number of aromatic nitrogens is 1. The Hall–Kier alpha value is -2.80. The van der Waals surface area contributed by atoms with E-state index in [-0.39, 0.29) is 12.3 Å². The summed E-state index contributed by atoms with van der Waals surface area (Å²) in [6.45, 7) is 1.97. The van der Waals surface area contributed by atoms with Crippen LogP contribution < -0.4 is 14.8 Å². The van der Waals surface area contributed by atoms with E-state index in [1.54, 1.807) is 32.4 Å². The standard InChI is InChI=1S/C20H19BrN2O4/c1-12-8-14(5-6-16(12)21)22-20(24)11-15-10-18(27-23-15)13-4-7-17(25-2)19(9-13)26-3/h4-10H,11H2,1-3H3,(H,22,24). The van der Waals surface area contributed by atoms with Crippen LogP contribution >= 0.6 is 15.9 Å². The van der Waals surface area contributed by atoms with Crippen molar-refractivity contribution in [2.45, 2.75) is 13.3 Å². The number of nitrogens with one attached hydrogen (secondary N) is 1. The Balaban J connectivity index is 1.70. The van der Waals surface area contributed by atoms with Gasteiger partial charge in [0.05, 0.1) is 26.3 Å². The van der Waals surface area contributed by atoms with Crippen LogP contribution in [0.3, 0.4) is 0 Å². The number of nitrogens with zero attached hydrogens (tertiary/aromatic N) is 1. The van der Waals surface area contributed by atoms with E-state index < -0.39 is 0 Å². The van der Waals surface area contributed by atoms with Gasteiger partial charge in [-0.05, 0) is 48.9 Å². The Bertz CT molecular complexity index is 968. The zero-order chi connectivity index (χ0) is 19.4. The quantitative estimate of drug-likeness (QED) is 0.617. The third-order valence-corrected chi connectivity index (χ3v) is 4.90. The Morgan fingerprint density at radius 1 is 1.11 bits per heavy atom. The number of anilines is 1. The van der Waals surface area contributed by atoms with E-state index in [1.165, 1.54) is 0 Å². The Kier molecular flexibility index (Phi) is 5.81. The average Bonchev–Trinajstić information content (AvgIpc) is 3.12. The van der Waals surface area contributed by atoms with E-state index in [0.29, 0.717) is 23.0 Å². The summed E-state index contributed by atoms with van der Waals surface area (Å²) in [6.07, 6.45) is 0.117. The molecule has 140 valence electrons. The Labute approximate surface area is 165 Å². The fourth-order valence-electron chi connectivity index (χ4n) is 2.61. The average molecular weight is 431 g/mol. The third kappa shape index (κ3) is 4.49. The molecule has 3 rings (SSSR count). The van der Waals surface area contributed by atoms with Crippen molar-refractivity contribution in [3.05, 3.63) is 58.2 Å². The lowest BCUT2D eigenvalue weighted by molar-refractivity contribution is -0.115. The van der Waals surface area contributed by atoms with E-state index in [1.807, 2.05) is 31.2 Å². The molecule has 2 aromatic carbocycles. The molecule has 3 aromatic rings. The van der Waals surface area contributed by atoms with E-state index in [0.717, 1.165) is 21.3 Å². The maximum Gasteiger partial charge on any atom is 0.230 e. The summed E-state index contributed by atoms with van der Waals surface area (Å²) in [6, 6.07) is 12.8. The highest BCUT2D eigenvalue weighted by Crippen LogP contribution is 2.32. The first kappa shape index (κ1) is 19.0. The molecule has 0 aliphatic heterocycles. The van der Waals surface area contributed by atoms with Gasteiger partial charge in [-0.3, -0.25) is 4.79 Å². The molecule has 1 N–H and O–H groups in total. The molecule has 1 heterocycles. The first-order valence-electron chi connectivity index (χ1n) is 8.24. The molecule has 0 spiro atoms. The molecule has 0 fully saturated rings. The fourth-order valence-corrected chi connectivity index (χ4v) is 2.86. The molecule has 0 atom stereocenters. The lowest BCUT2D eigenvalue weighted by atomic mass is 10.1. The van der Waals surface area contributed by atoms with Gasteiger partial charge in [-0.15, -0.1) is 0 Å². The van der Waals surface area contributed by atoms with Gasteiger partial charge < -0.3 is 19.3 Å². The molecule has 27 heavy (non-hydrogen) atoms. The minimum Gasteiger partial charge on any atom is -0.493 e. The molecule has 0 radical (unpaired) electrons. The highest BCUT2D eigenvalue weighted by molar-refractivity contribution is 9.10. The number of rotatable bonds is 6. The predicted octanol–water partition coefficient (Wildman–Crippen LogP) is 4.61. The van der Waals surface area contributed by atoms with E-state index >= 15 is 0 Å². The van der Waals surface area contributed by atoms with Crippen LogP contribution in [0.5, 0.6) is 11.5 Å². The van der Waals surface area contributed by atoms with Crippen LogP contribution in [-0.2, 0) is 11.2 Å². The normalized spacial score (nSPS) is 10.5. The summed E-state index contributed by atoms with van der Waals surface area (Å²) < 4.78 is 16.9. The van der Waals surface area contributed by atoms with Crippen LogP contribution in [0.1, 0.15) is 11.3 Å². The summed E-state index contributed by atoms with van der Waals surface area (Å²) in [5.41, 5.74) is 3.12. The maximum absolute atomic E-state index is 12.3. The summed E-state index contributed by atoms with van der Waals surface area (Å²) in [5, 5.41) is 6.85. The van der Waals surface area contributed by atoms with Gasteiger partial charge in [-0.1, -0.05) is 21.1 Å². The van der Waals surface area contributed by atoms with Gasteiger partial charge in [-0.25, -0.2) is 0 Å². The minimum atomic E-state index is -0.163. The predicted molar refractivity (Wildman–Crippen MR) is 106 cm³/mol. The number of hydrogen-bond acceptors (Lipinski definition) is 5. The molecule has 0 saturated heterocycles. The number of halogens is 1. The van der Waals surface area contributed by atoms with E-state index in [4.69, 9.17) is 14.0 Å². The summed E-state index contributed by atoms with van der Waals surface area (Å²) in [5.74, 6) is 1.61. The van der Waals surface area contributed by atoms with Gasteiger partial charge in [-0.2, -0.15) is 0 Å². The second-order valence-electron chi connectivity index (χ2n) is 5.94. The van der Waals surface area contributed by atoms with Gasteiger partial charge >= 0.3 is 0 Å². The number of methoxy groups -OCH3 is 2. The lowest BCUT2D eigenvalue weighted by Gasteiger charge is -2.07. The van der Waals surface area contributed by atoms with Crippen LogP contribution in [0, 0.1) is 6.92 Å². The van der Waals surface area contributed by atoms with Crippen molar-refractivity contribution in [3.63, 3.8) is 0 Å². The monoisotopic (exact) mass is 430 g/mol. The number of benzene rings is 2. The lowest BCUT2D eigenvalue weighted by Crippen LogP contribution is -2.14. The van der Waals surface area contributed by atoms with E-state index in [2.05, 4.69) is 26.4 Å². The maximum atomic E-state index is 12.3. The van der Waals surface area contributed by atoms with Gasteiger partial charge in [0.15, 0.2) is 17.3 Å². The van der Waals surface area contributed by atoms with Crippen molar-refractivity contribution >= 4 is 27.5 Å². The molecule has 1 aromatic heterocycles. The number of hydrogen-bond donors (Lipinski definition) is 1. The number of amides is 1. The number of ether oxygens (including phenoxy) is 2. The minimum absolute atomic E-state index is 0.117. The second-order valence-corrected chi connectivity index (χ2v) is 6.80. The smallest absolute Gasteiger partial charge is 0.230 e. The van der Waals surface area contributed by atoms with Crippen LogP contribution in [0.2, 0.25) is 0 Å². The zero-order valence-corrected chi connectivity index (χ0v) is 16.8. The number of aryl methyl sites for hydroxylation is 1. The topological polar surface area (TPSA) is 73.6 Å². The van der Waals surface area contributed by atoms with Crippen LogP contribution in [0.4, 0.5) is 5.69 Å². The van der Waals surface area contributed by atoms with Crippen molar-refractivity contribution in [3.8, 4) is 22.8 Å². The summed E-state index contributed by atoms with van der Waals surface area (Å²) >= 11 is 3.44. The van der Waals surface area contributed by atoms with E-state index in [9.17, 15) is 4.79 Å². The molecule has 0 saturated carbocycles. The Morgan fingerprint density at radius 3 is 2.59 bits per heavy atom. The van der Waals surface area contributed by atoms with Crippen molar-refractivity contribution in [1.29, 1.82) is 0 Å². The zero-order valence-electron chi connectivity index (χ0n) is 15.2. The summed E-state index contributed by atoms with van der Waals surface area (Å²) in [7, 11) is 3.15. The largest absolute Gasteiger partial charge is 0.493 e. The molecular weight excluding hydrogens is 412 g/mol. The number of carbonyl (C=O) groups excluding carboxylic acids is 1. The van der Waals surface area contributed by atoms with Crippen molar-refractivity contribution < 1.29 is 18.8 Å². The molecule has 0 bridgehead atoms. The molecule has 0 aliphatic carbocycles. The van der Waals surface area contributed by atoms with Gasteiger partial charge in [0.25, 0.3) is 0 Å².